The van der Waals surface area contributed by atoms with Crippen molar-refractivity contribution in [3.05, 3.63) is 95.6 Å². The molecule has 0 aromatic heterocycles. The SMILES string of the molecule is Cc1ccc(S(=O)(=O)N[C@H](CC(=O)N/N=C\c2cccc(OCC(=O)O)c2)c2ccccc2)cc1. The number of carbonyl (C=O) groups excluding carboxylic acids is 1. The zero-order chi connectivity index (χ0) is 25.3. The summed E-state index contributed by atoms with van der Waals surface area (Å²) in [5, 5.41) is 12.6. The van der Waals surface area contributed by atoms with E-state index in [2.05, 4.69) is 15.2 Å². The summed E-state index contributed by atoms with van der Waals surface area (Å²) in [6, 6.07) is 20.9. The predicted octanol–water partition coefficient (Wildman–Crippen LogP) is 3.02. The van der Waals surface area contributed by atoms with E-state index in [0.29, 0.717) is 16.9 Å². The van der Waals surface area contributed by atoms with E-state index in [1.54, 1.807) is 66.7 Å². The summed E-state index contributed by atoms with van der Waals surface area (Å²) in [4.78, 5) is 23.3. The molecule has 0 bridgehead atoms. The minimum atomic E-state index is -3.87. The molecule has 3 N–H and O–H groups in total. The van der Waals surface area contributed by atoms with Gasteiger partial charge < -0.3 is 9.84 Å². The molecule has 0 aliphatic carbocycles. The fraction of sp³-hybridized carbons (Fsp3) is 0.160. The smallest absolute Gasteiger partial charge is 0.341 e. The molecule has 3 aromatic rings. The van der Waals surface area contributed by atoms with Crippen molar-refractivity contribution in [1.29, 1.82) is 0 Å². The first kappa shape index (κ1) is 25.6. The third-order valence-corrected chi connectivity index (χ3v) is 6.33. The van der Waals surface area contributed by atoms with E-state index in [4.69, 9.17) is 9.84 Å². The minimum absolute atomic E-state index is 0.104. The quantitative estimate of drug-likeness (QED) is 0.277. The summed E-state index contributed by atoms with van der Waals surface area (Å²) in [6.45, 7) is 1.39. The number of carboxylic acids is 1. The Morgan fingerprint density at radius 2 is 1.74 bits per heavy atom. The average molecular weight is 496 g/mol. The summed E-state index contributed by atoms with van der Waals surface area (Å²) in [5.74, 6) is -1.25. The van der Waals surface area contributed by atoms with Gasteiger partial charge in [-0.25, -0.2) is 23.4 Å². The number of nitrogens with one attached hydrogen (secondary N) is 2. The lowest BCUT2D eigenvalue weighted by atomic mass is 10.0. The number of hydrazone groups is 1. The third-order valence-electron chi connectivity index (χ3n) is 4.84. The number of ether oxygens (including phenoxy) is 1. The van der Waals surface area contributed by atoms with Crippen molar-refractivity contribution < 1.29 is 27.9 Å². The highest BCUT2D eigenvalue weighted by Crippen LogP contribution is 2.21. The fourth-order valence-corrected chi connectivity index (χ4v) is 4.35. The van der Waals surface area contributed by atoms with E-state index in [1.807, 2.05) is 6.92 Å². The molecule has 0 fully saturated rings. The number of carboxylic acid groups (broad SMARTS) is 1. The number of hydrogen-bond acceptors (Lipinski definition) is 6. The van der Waals surface area contributed by atoms with Gasteiger partial charge in [0, 0.05) is 6.42 Å². The van der Waals surface area contributed by atoms with Crippen molar-refractivity contribution in [2.75, 3.05) is 6.61 Å². The maximum absolute atomic E-state index is 12.9. The molecule has 0 radical (unpaired) electrons. The molecule has 1 amide bonds. The van der Waals surface area contributed by atoms with Gasteiger partial charge >= 0.3 is 5.97 Å². The molecule has 0 spiro atoms. The summed E-state index contributed by atoms with van der Waals surface area (Å²) >= 11 is 0. The molecule has 3 aromatic carbocycles. The van der Waals surface area contributed by atoms with E-state index >= 15 is 0 Å². The number of nitrogens with zero attached hydrogens (tertiary/aromatic N) is 1. The lowest BCUT2D eigenvalue weighted by Gasteiger charge is -2.18. The second-order valence-corrected chi connectivity index (χ2v) is 9.36. The maximum atomic E-state index is 12.9. The number of rotatable bonds is 11. The second-order valence-electron chi connectivity index (χ2n) is 7.65. The van der Waals surface area contributed by atoms with E-state index in [-0.39, 0.29) is 11.3 Å². The van der Waals surface area contributed by atoms with Gasteiger partial charge in [0.15, 0.2) is 6.61 Å². The van der Waals surface area contributed by atoms with Crippen molar-refractivity contribution in [2.45, 2.75) is 24.3 Å². The van der Waals surface area contributed by atoms with Crippen molar-refractivity contribution in [1.82, 2.24) is 10.1 Å². The highest BCUT2D eigenvalue weighted by Gasteiger charge is 2.23. The van der Waals surface area contributed by atoms with Crippen molar-refractivity contribution in [3.8, 4) is 5.75 Å². The van der Waals surface area contributed by atoms with Gasteiger partial charge in [-0.05, 0) is 42.3 Å². The normalized spacial score (nSPS) is 12.3. The summed E-state index contributed by atoms with van der Waals surface area (Å²) < 4.78 is 33.6. The molecule has 3 rings (SSSR count). The van der Waals surface area contributed by atoms with E-state index in [1.165, 1.54) is 18.3 Å². The Bertz CT molecular complexity index is 1290. The van der Waals surface area contributed by atoms with E-state index < -0.39 is 34.5 Å². The highest BCUT2D eigenvalue weighted by atomic mass is 32.2. The van der Waals surface area contributed by atoms with Crippen LogP contribution >= 0.6 is 0 Å². The highest BCUT2D eigenvalue weighted by molar-refractivity contribution is 7.89. The van der Waals surface area contributed by atoms with Crippen LogP contribution in [-0.4, -0.2) is 38.2 Å². The molecule has 0 saturated carbocycles. The van der Waals surface area contributed by atoms with Crippen molar-refractivity contribution in [3.63, 3.8) is 0 Å². The first-order valence-electron chi connectivity index (χ1n) is 10.6. The number of carbonyl (C=O) groups is 2. The van der Waals surface area contributed by atoms with Crippen molar-refractivity contribution in [2.24, 2.45) is 5.10 Å². The van der Waals surface area contributed by atoms with Crippen LogP contribution in [0.2, 0.25) is 0 Å². The van der Waals surface area contributed by atoms with Gasteiger partial charge in [-0.3, -0.25) is 4.79 Å². The molecule has 1 atom stereocenters. The van der Waals surface area contributed by atoms with Gasteiger partial charge in [-0.15, -0.1) is 0 Å². The van der Waals surface area contributed by atoms with Crippen LogP contribution in [0.25, 0.3) is 0 Å². The average Bonchev–Trinajstić information content (AvgIpc) is 2.83. The van der Waals surface area contributed by atoms with Gasteiger partial charge in [0.1, 0.15) is 5.75 Å². The topological polar surface area (TPSA) is 134 Å². The lowest BCUT2D eigenvalue weighted by molar-refractivity contribution is -0.139. The van der Waals surface area contributed by atoms with Crippen molar-refractivity contribution >= 4 is 28.1 Å². The zero-order valence-electron chi connectivity index (χ0n) is 18.9. The van der Waals surface area contributed by atoms with Crippen LogP contribution in [0, 0.1) is 6.92 Å². The Labute approximate surface area is 203 Å². The Morgan fingerprint density at radius 1 is 1.03 bits per heavy atom. The molecule has 0 unspecified atom stereocenters. The van der Waals surface area contributed by atoms with Crippen LogP contribution in [-0.2, 0) is 19.6 Å². The first-order chi connectivity index (χ1) is 16.7. The van der Waals surface area contributed by atoms with Gasteiger partial charge in [-0.2, -0.15) is 5.10 Å². The Kier molecular flexibility index (Phi) is 8.71. The number of sulfonamides is 1. The van der Waals surface area contributed by atoms with Gasteiger partial charge in [0.2, 0.25) is 15.9 Å². The van der Waals surface area contributed by atoms with Crippen LogP contribution in [0.15, 0.2) is 88.9 Å². The molecular formula is C25H25N3O6S. The fourth-order valence-electron chi connectivity index (χ4n) is 3.13. The monoisotopic (exact) mass is 495 g/mol. The largest absolute Gasteiger partial charge is 0.482 e. The molecule has 0 aliphatic heterocycles. The van der Waals surface area contributed by atoms with E-state index in [0.717, 1.165) is 5.56 Å². The maximum Gasteiger partial charge on any atom is 0.341 e. The van der Waals surface area contributed by atoms with Crippen LogP contribution in [0.3, 0.4) is 0 Å². The van der Waals surface area contributed by atoms with Crippen LogP contribution in [0.4, 0.5) is 0 Å². The molecule has 0 aliphatic rings. The first-order valence-corrected chi connectivity index (χ1v) is 12.1. The number of benzene rings is 3. The number of aryl methyl sites for hydroxylation is 1. The summed E-state index contributed by atoms with van der Waals surface area (Å²) in [5.41, 5.74) is 4.53. The molecule has 35 heavy (non-hydrogen) atoms. The molecule has 0 saturated heterocycles. The summed E-state index contributed by atoms with van der Waals surface area (Å²) in [7, 11) is -3.87. The third kappa shape index (κ3) is 8.05. The molecular weight excluding hydrogens is 470 g/mol. The van der Waals surface area contributed by atoms with Gasteiger partial charge in [-0.1, -0.05) is 60.2 Å². The minimum Gasteiger partial charge on any atom is -0.482 e. The van der Waals surface area contributed by atoms with E-state index in [9.17, 15) is 18.0 Å². The second kappa shape index (κ2) is 11.9. The number of aliphatic carboxylic acids is 1. The summed E-state index contributed by atoms with van der Waals surface area (Å²) in [6.07, 6.45) is 1.19. The molecule has 0 heterocycles. The number of hydrogen-bond donors (Lipinski definition) is 3. The van der Waals surface area contributed by atoms with Crippen LogP contribution < -0.4 is 14.9 Å². The standard InChI is InChI=1S/C25H25N3O6S/c1-18-10-12-22(13-11-18)35(32,33)28-23(20-7-3-2-4-8-20)15-24(29)27-26-16-19-6-5-9-21(14-19)34-17-25(30)31/h2-14,16,23,28H,15,17H2,1H3,(H,27,29)(H,30,31)/b26-16-/t23-/m1/s1. The molecule has 182 valence electrons. The van der Waals surface area contributed by atoms with Gasteiger partial charge in [0.05, 0.1) is 17.2 Å². The Hall–Kier alpha value is -4.02. The number of amides is 1. The van der Waals surface area contributed by atoms with Crippen LogP contribution in [0.1, 0.15) is 29.2 Å². The lowest BCUT2D eigenvalue weighted by Crippen LogP contribution is -2.32. The Morgan fingerprint density at radius 3 is 2.43 bits per heavy atom. The predicted molar refractivity (Wildman–Crippen MR) is 131 cm³/mol. The molecule has 10 heteroatoms. The Balaban J connectivity index is 1.68. The van der Waals surface area contributed by atoms with Gasteiger partial charge in [0.25, 0.3) is 0 Å². The van der Waals surface area contributed by atoms with Crippen LogP contribution in [0.5, 0.6) is 5.75 Å². The zero-order valence-corrected chi connectivity index (χ0v) is 19.7. The molecule has 9 nitrogen and oxygen atoms in total.